The molecule has 11 heteroatoms. The van der Waals surface area contributed by atoms with Gasteiger partial charge in [-0.15, -0.1) is 0 Å². The van der Waals surface area contributed by atoms with Crippen LogP contribution in [-0.2, 0) is 32.6 Å². The van der Waals surface area contributed by atoms with E-state index in [0.29, 0.717) is 12.0 Å². The van der Waals surface area contributed by atoms with Crippen LogP contribution in [0.15, 0.2) is 108 Å². The van der Waals surface area contributed by atoms with Crippen LogP contribution in [0, 0.1) is 5.82 Å². The Morgan fingerprint density at radius 1 is 0.867 bits per heavy atom. The SMILES string of the molecule is CC[C@@H](C)NC(=O)[C@@H](Cc1ccccc1)N(Cc1ccc(F)cc1)C(=O)CN(c1ccc(Cl)cc1Cl)S(=O)(=O)c1ccccc1. The average Bonchev–Trinajstić information content (AvgIpc) is 3.03. The number of amides is 2. The van der Waals surface area contributed by atoms with Crippen LogP contribution < -0.4 is 9.62 Å². The third-order valence-electron chi connectivity index (χ3n) is 7.33. The second-order valence-corrected chi connectivity index (χ2v) is 13.3. The maximum absolute atomic E-state index is 14.4. The molecule has 4 aromatic carbocycles. The van der Waals surface area contributed by atoms with Gasteiger partial charge in [-0.25, -0.2) is 12.8 Å². The summed E-state index contributed by atoms with van der Waals surface area (Å²) in [5.41, 5.74) is 1.40. The van der Waals surface area contributed by atoms with E-state index in [1.54, 1.807) is 18.2 Å². The van der Waals surface area contributed by atoms with Crippen molar-refractivity contribution in [1.29, 1.82) is 0 Å². The van der Waals surface area contributed by atoms with E-state index < -0.39 is 40.2 Å². The molecule has 0 saturated heterocycles. The van der Waals surface area contributed by atoms with Gasteiger partial charge in [0, 0.05) is 24.0 Å². The standard InChI is InChI=1S/C34H34Cl2FN3O4S/c1-3-24(2)38-34(42)32(20-25-10-6-4-7-11-25)39(22-26-14-17-28(37)18-15-26)33(41)23-40(31-19-16-27(35)21-30(31)36)45(43,44)29-12-8-5-9-13-29/h4-19,21,24,32H,3,20,22-23H2,1-2H3,(H,38,42)/t24-,32-/m1/s1. The third kappa shape index (κ3) is 8.84. The summed E-state index contributed by atoms with van der Waals surface area (Å²) in [5.74, 6) is -1.51. The molecule has 4 aromatic rings. The van der Waals surface area contributed by atoms with Crippen molar-refractivity contribution in [3.8, 4) is 0 Å². The molecule has 0 bridgehead atoms. The van der Waals surface area contributed by atoms with Crippen LogP contribution in [0.4, 0.5) is 10.1 Å². The molecule has 1 N–H and O–H groups in total. The summed E-state index contributed by atoms with van der Waals surface area (Å²) in [4.78, 5) is 29.6. The van der Waals surface area contributed by atoms with Gasteiger partial charge in [0.05, 0.1) is 15.6 Å². The largest absolute Gasteiger partial charge is 0.352 e. The molecule has 45 heavy (non-hydrogen) atoms. The number of nitrogens with one attached hydrogen (secondary N) is 1. The predicted octanol–water partition coefficient (Wildman–Crippen LogP) is 6.88. The zero-order chi connectivity index (χ0) is 32.6. The summed E-state index contributed by atoms with van der Waals surface area (Å²) >= 11 is 12.6. The van der Waals surface area contributed by atoms with Crippen molar-refractivity contribution in [3.05, 3.63) is 130 Å². The van der Waals surface area contributed by atoms with Gasteiger partial charge >= 0.3 is 0 Å². The minimum Gasteiger partial charge on any atom is -0.352 e. The summed E-state index contributed by atoms with van der Waals surface area (Å²) in [6.45, 7) is 3.03. The van der Waals surface area contributed by atoms with Gasteiger partial charge in [0.1, 0.15) is 18.4 Å². The van der Waals surface area contributed by atoms with E-state index in [9.17, 15) is 22.4 Å². The minimum absolute atomic E-state index is 0.0234. The molecular formula is C34H34Cl2FN3O4S. The first-order chi connectivity index (χ1) is 21.5. The second kappa shape index (κ2) is 15.4. The van der Waals surface area contributed by atoms with Gasteiger partial charge in [0.25, 0.3) is 10.0 Å². The van der Waals surface area contributed by atoms with Crippen LogP contribution in [-0.4, -0.2) is 43.8 Å². The molecule has 0 aliphatic rings. The van der Waals surface area contributed by atoms with E-state index in [0.717, 1.165) is 9.87 Å². The number of hydrogen-bond donors (Lipinski definition) is 1. The van der Waals surface area contributed by atoms with Crippen LogP contribution in [0.5, 0.6) is 0 Å². The molecular weight excluding hydrogens is 636 g/mol. The van der Waals surface area contributed by atoms with E-state index in [1.165, 1.54) is 59.5 Å². The number of rotatable bonds is 13. The molecule has 7 nitrogen and oxygen atoms in total. The maximum Gasteiger partial charge on any atom is 0.264 e. The molecule has 2 atom stereocenters. The molecule has 0 spiro atoms. The summed E-state index contributed by atoms with van der Waals surface area (Å²) in [5, 5.41) is 3.29. The summed E-state index contributed by atoms with van der Waals surface area (Å²) < 4.78 is 42.8. The molecule has 0 fully saturated rings. The summed E-state index contributed by atoms with van der Waals surface area (Å²) in [6.07, 6.45) is 0.817. The van der Waals surface area contributed by atoms with Crippen LogP contribution >= 0.6 is 23.2 Å². The first kappa shape index (κ1) is 34.0. The van der Waals surface area contributed by atoms with E-state index in [-0.39, 0.29) is 39.6 Å². The van der Waals surface area contributed by atoms with Crippen LogP contribution in [0.25, 0.3) is 0 Å². The molecule has 0 aliphatic heterocycles. The molecule has 0 heterocycles. The lowest BCUT2D eigenvalue weighted by Crippen LogP contribution is -2.54. The van der Waals surface area contributed by atoms with Gasteiger partial charge in [-0.2, -0.15) is 0 Å². The number of halogens is 3. The van der Waals surface area contributed by atoms with Gasteiger partial charge in [0.15, 0.2) is 0 Å². The van der Waals surface area contributed by atoms with Crippen molar-refractivity contribution in [1.82, 2.24) is 10.2 Å². The van der Waals surface area contributed by atoms with Crippen molar-refractivity contribution < 1.29 is 22.4 Å². The molecule has 236 valence electrons. The topological polar surface area (TPSA) is 86.8 Å². The molecule has 0 radical (unpaired) electrons. The minimum atomic E-state index is -4.32. The lowest BCUT2D eigenvalue weighted by Gasteiger charge is -2.34. The Bertz CT molecular complexity index is 1710. The molecule has 0 aromatic heterocycles. The lowest BCUT2D eigenvalue weighted by atomic mass is 10.0. The fraction of sp³-hybridized carbons (Fsp3) is 0.235. The fourth-order valence-electron chi connectivity index (χ4n) is 4.70. The summed E-state index contributed by atoms with van der Waals surface area (Å²) in [7, 11) is -4.32. The highest BCUT2D eigenvalue weighted by Gasteiger charge is 2.35. The van der Waals surface area contributed by atoms with E-state index >= 15 is 0 Å². The fourth-order valence-corrected chi connectivity index (χ4v) is 6.71. The number of anilines is 1. The molecule has 4 rings (SSSR count). The highest BCUT2D eigenvalue weighted by atomic mass is 35.5. The van der Waals surface area contributed by atoms with Gasteiger partial charge in [-0.1, -0.05) is 90.8 Å². The maximum atomic E-state index is 14.4. The smallest absolute Gasteiger partial charge is 0.264 e. The van der Waals surface area contributed by atoms with Crippen molar-refractivity contribution in [2.24, 2.45) is 0 Å². The van der Waals surface area contributed by atoms with Gasteiger partial charge in [-0.3, -0.25) is 13.9 Å². The second-order valence-electron chi connectivity index (χ2n) is 10.6. The number of carbonyl (C=O) groups excluding carboxylic acids is 2. The van der Waals surface area contributed by atoms with E-state index in [2.05, 4.69) is 5.32 Å². The number of hydrogen-bond acceptors (Lipinski definition) is 4. The van der Waals surface area contributed by atoms with Crippen LogP contribution in [0.2, 0.25) is 10.0 Å². The Kier molecular flexibility index (Phi) is 11.6. The number of benzene rings is 4. The van der Waals surface area contributed by atoms with Crippen molar-refractivity contribution in [2.45, 2.75) is 50.2 Å². The Labute approximate surface area is 273 Å². The van der Waals surface area contributed by atoms with E-state index in [4.69, 9.17) is 23.2 Å². The van der Waals surface area contributed by atoms with E-state index in [1.807, 2.05) is 44.2 Å². The average molecular weight is 671 g/mol. The highest BCUT2D eigenvalue weighted by Crippen LogP contribution is 2.33. The predicted molar refractivity (Wildman–Crippen MR) is 176 cm³/mol. The third-order valence-corrected chi connectivity index (χ3v) is 9.64. The normalized spacial score (nSPS) is 12.6. The molecule has 2 amide bonds. The Morgan fingerprint density at radius 2 is 1.49 bits per heavy atom. The van der Waals surface area contributed by atoms with Crippen molar-refractivity contribution >= 4 is 50.7 Å². The van der Waals surface area contributed by atoms with Crippen molar-refractivity contribution in [3.63, 3.8) is 0 Å². The molecule has 0 aliphatic carbocycles. The van der Waals surface area contributed by atoms with Crippen LogP contribution in [0.3, 0.4) is 0 Å². The Morgan fingerprint density at radius 3 is 2.09 bits per heavy atom. The van der Waals surface area contributed by atoms with Gasteiger partial charge in [-0.05, 0) is 66.9 Å². The van der Waals surface area contributed by atoms with Crippen LogP contribution in [0.1, 0.15) is 31.4 Å². The van der Waals surface area contributed by atoms with Gasteiger partial charge < -0.3 is 10.2 Å². The lowest BCUT2D eigenvalue weighted by molar-refractivity contribution is -0.140. The quantitative estimate of drug-likeness (QED) is 0.168. The molecule has 0 unspecified atom stereocenters. The highest BCUT2D eigenvalue weighted by molar-refractivity contribution is 7.92. The number of carbonyl (C=O) groups is 2. The first-order valence-corrected chi connectivity index (χ1v) is 16.6. The zero-order valence-corrected chi connectivity index (χ0v) is 27.2. The number of nitrogens with zero attached hydrogens (tertiary/aromatic N) is 2. The monoisotopic (exact) mass is 669 g/mol. The summed E-state index contributed by atoms with van der Waals surface area (Å²) in [6, 6.07) is 25.6. The first-order valence-electron chi connectivity index (χ1n) is 14.4. The van der Waals surface area contributed by atoms with Crippen molar-refractivity contribution in [2.75, 3.05) is 10.8 Å². The van der Waals surface area contributed by atoms with Gasteiger partial charge in [0.2, 0.25) is 11.8 Å². The Balaban J connectivity index is 1.82. The number of sulfonamides is 1. The molecule has 0 saturated carbocycles. The Hall–Kier alpha value is -3.92. The zero-order valence-electron chi connectivity index (χ0n) is 24.9.